The first-order chi connectivity index (χ1) is 8.16. The molecule has 0 radical (unpaired) electrons. The number of hydrogen-bond donors (Lipinski definition) is 0. The Morgan fingerprint density at radius 3 is 1.89 bits per heavy atom. The van der Waals surface area contributed by atoms with Gasteiger partial charge in [0.05, 0.1) is 0 Å². The third-order valence-electron chi connectivity index (χ3n) is 3.14. The second kappa shape index (κ2) is 6.26. The molecule has 18 heavy (non-hydrogen) atoms. The summed E-state index contributed by atoms with van der Waals surface area (Å²) < 4.78 is 0. The van der Waals surface area contributed by atoms with Gasteiger partial charge in [0.15, 0.2) is 0 Å². The van der Waals surface area contributed by atoms with Crippen molar-refractivity contribution in [2.45, 2.75) is 49.1 Å². The van der Waals surface area contributed by atoms with Gasteiger partial charge in [-0.05, 0) is 22.5 Å². The van der Waals surface area contributed by atoms with Crippen molar-refractivity contribution in [1.82, 2.24) is 0 Å². The summed E-state index contributed by atoms with van der Waals surface area (Å²) in [5, 5.41) is 1.60. The van der Waals surface area contributed by atoms with Crippen molar-refractivity contribution in [3.63, 3.8) is 0 Å². The summed E-state index contributed by atoms with van der Waals surface area (Å²) in [6, 6.07) is 8.99. The summed E-state index contributed by atoms with van der Waals surface area (Å²) >= 11 is 1.90. The highest BCUT2D eigenvalue weighted by molar-refractivity contribution is 7.99. The Labute approximate surface area is 121 Å². The van der Waals surface area contributed by atoms with E-state index in [0.717, 1.165) is 13.5 Å². The van der Waals surface area contributed by atoms with E-state index in [4.69, 9.17) is 0 Å². The van der Waals surface area contributed by atoms with Crippen LogP contribution in [0.5, 0.6) is 0 Å². The average molecular weight is 315 g/mol. The van der Waals surface area contributed by atoms with E-state index in [-0.39, 0.29) is 0 Å². The van der Waals surface area contributed by atoms with Crippen molar-refractivity contribution >= 4 is 41.8 Å². The molecular formula is C14H27PSSi2. The van der Waals surface area contributed by atoms with Crippen LogP contribution in [0.25, 0.3) is 0 Å². The molecule has 0 saturated heterocycles. The quantitative estimate of drug-likeness (QED) is 0.426. The minimum atomic E-state index is -1.08. The summed E-state index contributed by atoms with van der Waals surface area (Å²) in [5.74, 6) is 0. The lowest BCUT2D eigenvalue weighted by molar-refractivity contribution is 1.45. The Morgan fingerprint density at radius 1 is 0.944 bits per heavy atom. The highest BCUT2D eigenvalue weighted by Gasteiger charge is 2.37. The number of thioether (sulfide) groups is 1. The molecule has 0 spiro atoms. The zero-order chi connectivity index (χ0) is 14.0. The Bertz CT molecular complexity index is 380. The maximum Gasteiger partial charge on any atom is 0.0492 e. The van der Waals surface area contributed by atoms with Gasteiger partial charge in [0.2, 0.25) is 0 Å². The zero-order valence-electron chi connectivity index (χ0n) is 12.8. The van der Waals surface area contributed by atoms with Crippen LogP contribution in [-0.4, -0.2) is 27.3 Å². The molecule has 0 aliphatic rings. The van der Waals surface area contributed by atoms with Crippen LogP contribution in [-0.2, 0) is 0 Å². The van der Waals surface area contributed by atoms with Gasteiger partial charge in [-0.3, -0.25) is 0 Å². The van der Waals surface area contributed by atoms with Crippen LogP contribution in [0.1, 0.15) is 0 Å². The Kier molecular flexibility index (Phi) is 5.73. The van der Waals surface area contributed by atoms with Crippen LogP contribution in [0.4, 0.5) is 0 Å². The van der Waals surface area contributed by atoms with Crippen LogP contribution >= 0.6 is 20.3 Å². The third-order valence-corrected chi connectivity index (χ3v) is 19.9. The van der Waals surface area contributed by atoms with E-state index in [1.165, 1.54) is 4.90 Å². The maximum absolute atomic E-state index is 2.55. The van der Waals surface area contributed by atoms with Crippen molar-refractivity contribution < 1.29 is 0 Å². The minimum Gasteiger partial charge on any atom is -0.129 e. The predicted molar refractivity (Wildman–Crippen MR) is 96.7 cm³/mol. The maximum atomic E-state index is 2.55. The molecule has 102 valence electrons. The number of hydrogen-bond acceptors (Lipinski definition) is 1. The molecule has 1 atom stereocenters. The minimum absolute atomic E-state index is 0.985. The SMILES string of the molecule is CSc1ccccc1PC([Si](C)(C)C)[Si](C)(C)C. The second-order valence-corrected chi connectivity index (χ2v) is 21.6. The molecule has 0 heterocycles. The molecule has 0 bridgehead atoms. The molecule has 4 heteroatoms. The lowest BCUT2D eigenvalue weighted by Crippen LogP contribution is -2.51. The molecule has 0 aliphatic heterocycles. The molecule has 0 nitrogen and oxygen atoms in total. The van der Waals surface area contributed by atoms with Crippen LogP contribution in [0.2, 0.25) is 39.3 Å². The van der Waals surface area contributed by atoms with Gasteiger partial charge in [0.1, 0.15) is 0 Å². The lowest BCUT2D eigenvalue weighted by Gasteiger charge is -2.38. The summed E-state index contributed by atoms with van der Waals surface area (Å²) in [4.78, 5) is 2.47. The van der Waals surface area contributed by atoms with E-state index >= 15 is 0 Å². The monoisotopic (exact) mass is 314 g/mol. The third kappa shape index (κ3) is 4.52. The highest BCUT2D eigenvalue weighted by Crippen LogP contribution is 2.36. The Hall–Kier alpha value is 0.434. The predicted octanol–water partition coefficient (Wildman–Crippen LogP) is 4.84. The van der Waals surface area contributed by atoms with E-state index in [0.29, 0.717) is 0 Å². The lowest BCUT2D eigenvalue weighted by atomic mass is 10.4. The number of rotatable bonds is 5. The molecule has 0 aromatic heterocycles. The van der Waals surface area contributed by atoms with Gasteiger partial charge in [-0.2, -0.15) is 0 Å². The van der Waals surface area contributed by atoms with E-state index in [1.54, 1.807) is 5.30 Å². The van der Waals surface area contributed by atoms with E-state index in [9.17, 15) is 0 Å². The molecule has 1 unspecified atom stereocenters. The smallest absolute Gasteiger partial charge is 0.0492 e. The molecule has 1 aromatic carbocycles. The van der Waals surface area contributed by atoms with Crippen molar-refractivity contribution in [2.75, 3.05) is 6.26 Å². The first-order valence-corrected chi connectivity index (χ1v) is 16.0. The molecule has 0 saturated carbocycles. The van der Waals surface area contributed by atoms with Gasteiger partial charge in [-0.25, -0.2) is 0 Å². The molecule has 0 amide bonds. The Morgan fingerprint density at radius 2 is 1.44 bits per heavy atom. The van der Waals surface area contributed by atoms with Gasteiger partial charge in [0, 0.05) is 21.0 Å². The van der Waals surface area contributed by atoms with Crippen molar-refractivity contribution in [3.05, 3.63) is 24.3 Å². The number of benzene rings is 1. The molecule has 0 aliphatic carbocycles. The molecular weight excluding hydrogens is 287 g/mol. The second-order valence-electron chi connectivity index (χ2n) is 7.01. The molecule has 1 aromatic rings. The summed E-state index contributed by atoms with van der Waals surface area (Å²) in [5.41, 5.74) is 0. The van der Waals surface area contributed by atoms with Gasteiger partial charge in [0.25, 0.3) is 0 Å². The molecule has 1 rings (SSSR count). The fraction of sp³-hybridized carbons (Fsp3) is 0.571. The van der Waals surface area contributed by atoms with Gasteiger partial charge in [-0.1, -0.05) is 66.1 Å². The van der Waals surface area contributed by atoms with Crippen LogP contribution in [0.15, 0.2) is 29.2 Å². The topological polar surface area (TPSA) is 0 Å². The fourth-order valence-electron chi connectivity index (χ4n) is 2.65. The molecule has 0 fully saturated rings. The van der Waals surface area contributed by atoms with E-state index < -0.39 is 16.1 Å². The van der Waals surface area contributed by atoms with Crippen LogP contribution < -0.4 is 5.30 Å². The highest BCUT2D eigenvalue weighted by atomic mass is 32.2. The first-order valence-electron chi connectivity index (χ1n) is 6.56. The van der Waals surface area contributed by atoms with Crippen LogP contribution in [0.3, 0.4) is 0 Å². The zero-order valence-corrected chi connectivity index (χ0v) is 16.6. The van der Waals surface area contributed by atoms with E-state index in [1.807, 2.05) is 11.8 Å². The average Bonchev–Trinajstić information content (AvgIpc) is 2.23. The summed E-state index contributed by atoms with van der Waals surface area (Å²) in [6.07, 6.45) is 2.20. The van der Waals surface area contributed by atoms with Crippen molar-refractivity contribution in [2.24, 2.45) is 0 Å². The Balaban J connectivity index is 3.05. The summed E-state index contributed by atoms with van der Waals surface area (Å²) in [6.45, 7) is 15.3. The molecule has 0 N–H and O–H groups in total. The van der Waals surface area contributed by atoms with Gasteiger partial charge in [-0.15, -0.1) is 11.8 Å². The van der Waals surface area contributed by atoms with Crippen molar-refractivity contribution in [3.8, 4) is 0 Å². The largest absolute Gasteiger partial charge is 0.129 e. The first kappa shape index (κ1) is 16.5. The normalized spacial score (nSPS) is 13.8. The van der Waals surface area contributed by atoms with Gasteiger partial charge < -0.3 is 0 Å². The van der Waals surface area contributed by atoms with Gasteiger partial charge >= 0.3 is 0 Å². The fourth-order valence-corrected chi connectivity index (χ4v) is 19.2. The summed E-state index contributed by atoms with van der Waals surface area (Å²) in [7, 11) is -1.14. The standard InChI is InChI=1S/C14H27PSSi2/c1-16-13-11-9-8-10-12(13)15-14(17(2,3)4)18(5,6)7/h8-11,14-15H,1-7H3. The van der Waals surface area contributed by atoms with Crippen molar-refractivity contribution in [1.29, 1.82) is 0 Å². The van der Waals surface area contributed by atoms with Crippen LogP contribution in [0, 0.1) is 0 Å². The van der Waals surface area contributed by atoms with E-state index in [2.05, 4.69) is 69.8 Å².